The molecule has 1 amide bonds. The molecule has 1 fully saturated rings. The number of sulfonamides is 1. The fourth-order valence-corrected chi connectivity index (χ4v) is 4.96. The average Bonchev–Trinajstić information content (AvgIpc) is 3.32. The summed E-state index contributed by atoms with van der Waals surface area (Å²) < 4.78 is 31.7. The minimum absolute atomic E-state index is 0.0458. The molecule has 0 aliphatic carbocycles. The van der Waals surface area contributed by atoms with Crippen molar-refractivity contribution in [2.45, 2.75) is 37.6 Å². The lowest BCUT2D eigenvalue weighted by Crippen LogP contribution is -2.33. The average molecular weight is 460 g/mol. The number of anilines is 2. The van der Waals surface area contributed by atoms with Gasteiger partial charge in [-0.25, -0.2) is 13.2 Å². The molecule has 172 valence electrons. The summed E-state index contributed by atoms with van der Waals surface area (Å²) in [6.45, 7) is 5.27. The third-order valence-electron chi connectivity index (χ3n) is 5.61. The van der Waals surface area contributed by atoms with Crippen molar-refractivity contribution >= 4 is 33.3 Å². The quantitative estimate of drug-likeness (QED) is 0.638. The second kappa shape index (κ2) is 9.70. The molecule has 9 heteroatoms. The molecular weight excluding hydrogens is 430 g/mol. The van der Waals surface area contributed by atoms with E-state index in [0.717, 1.165) is 31.6 Å². The molecule has 1 aliphatic heterocycles. The molecule has 32 heavy (non-hydrogen) atoms. The van der Waals surface area contributed by atoms with Crippen molar-refractivity contribution in [1.29, 1.82) is 0 Å². The first-order chi connectivity index (χ1) is 15.1. The van der Waals surface area contributed by atoms with E-state index in [9.17, 15) is 18.0 Å². The monoisotopic (exact) mass is 459 g/mol. The van der Waals surface area contributed by atoms with E-state index >= 15 is 0 Å². The zero-order valence-electron chi connectivity index (χ0n) is 18.8. The summed E-state index contributed by atoms with van der Waals surface area (Å²) in [5.74, 6) is -0.963. The Balaban J connectivity index is 1.94. The van der Waals surface area contributed by atoms with E-state index in [4.69, 9.17) is 4.74 Å². The highest BCUT2D eigenvalue weighted by atomic mass is 32.2. The van der Waals surface area contributed by atoms with E-state index in [1.54, 1.807) is 44.2 Å². The molecule has 0 aromatic heterocycles. The molecule has 0 bridgehead atoms. The van der Waals surface area contributed by atoms with Crippen LogP contribution in [-0.4, -0.2) is 57.9 Å². The third kappa shape index (κ3) is 4.94. The summed E-state index contributed by atoms with van der Waals surface area (Å²) >= 11 is 0. The molecule has 0 spiro atoms. The van der Waals surface area contributed by atoms with E-state index in [1.807, 2.05) is 0 Å². The van der Waals surface area contributed by atoms with E-state index < -0.39 is 21.9 Å². The van der Waals surface area contributed by atoms with E-state index in [0.29, 0.717) is 11.3 Å². The van der Waals surface area contributed by atoms with Crippen molar-refractivity contribution in [3.05, 3.63) is 53.6 Å². The standard InChI is InChI=1S/C23H29N3O5S/c1-16(2)25(3)32(29,30)19-9-7-8-17(14-19)22(27)24-20-15-18(23(28)31-4)10-11-21(20)26-12-5-6-13-26/h7-11,14-16H,5-6,12-13H2,1-4H3,(H,24,27). The normalized spacial score (nSPS) is 14.1. The van der Waals surface area contributed by atoms with Gasteiger partial charge in [0.2, 0.25) is 10.0 Å². The van der Waals surface area contributed by atoms with Crippen LogP contribution in [0.3, 0.4) is 0 Å². The van der Waals surface area contributed by atoms with Gasteiger partial charge in [0.15, 0.2) is 0 Å². The van der Waals surface area contributed by atoms with Gasteiger partial charge in [-0.1, -0.05) is 6.07 Å². The minimum Gasteiger partial charge on any atom is -0.465 e. The number of nitrogens with zero attached hydrogens (tertiary/aromatic N) is 2. The van der Waals surface area contributed by atoms with Crippen molar-refractivity contribution < 1.29 is 22.7 Å². The first-order valence-corrected chi connectivity index (χ1v) is 12.0. The lowest BCUT2D eigenvalue weighted by molar-refractivity contribution is 0.0600. The SMILES string of the molecule is COC(=O)c1ccc(N2CCCC2)c(NC(=O)c2cccc(S(=O)(=O)N(C)C(C)C)c2)c1. The van der Waals surface area contributed by atoms with Crippen molar-refractivity contribution in [2.75, 3.05) is 37.5 Å². The predicted octanol–water partition coefficient (Wildman–Crippen LogP) is 3.35. The van der Waals surface area contributed by atoms with E-state index in [2.05, 4.69) is 10.2 Å². The number of amides is 1. The van der Waals surface area contributed by atoms with Crippen LogP contribution in [0.15, 0.2) is 47.4 Å². The number of carbonyl (C=O) groups excluding carboxylic acids is 2. The van der Waals surface area contributed by atoms with Gasteiger partial charge in [-0.15, -0.1) is 0 Å². The summed E-state index contributed by atoms with van der Waals surface area (Å²) in [6.07, 6.45) is 2.10. The Kier molecular flexibility index (Phi) is 7.20. The molecule has 1 N–H and O–H groups in total. The molecule has 2 aromatic carbocycles. The van der Waals surface area contributed by atoms with Gasteiger partial charge in [0.25, 0.3) is 5.91 Å². The molecule has 1 saturated heterocycles. The maximum atomic E-state index is 13.1. The van der Waals surface area contributed by atoms with Gasteiger partial charge in [-0.05, 0) is 63.1 Å². The maximum absolute atomic E-state index is 13.1. The number of carbonyl (C=O) groups is 2. The molecule has 0 unspecified atom stereocenters. The Morgan fingerprint density at radius 3 is 2.38 bits per heavy atom. The van der Waals surface area contributed by atoms with Crippen LogP contribution >= 0.6 is 0 Å². The van der Waals surface area contributed by atoms with Gasteiger partial charge < -0.3 is 15.0 Å². The fourth-order valence-electron chi connectivity index (χ4n) is 3.55. The fraction of sp³-hybridized carbons (Fsp3) is 0.391. The summed E-state index contributed by atoms with van der Waals surface area (Å²) in [4.78, 5) is 27.3. The van der Waals surface area contributed by atoms with Crippen molar-refractivity contribution in [2.24, 2.45) is 0 Å². The Labute approximate surface area is 189 Å². The van der Waals surface area contributed by atoms with Gasteiger partial charge in [-0.2, -0.15) is 4.31 Å². The highest BCUT2D eigenvalue weighted by molar-refractivity contribution is 7.89. The Morgan fingerprint density at radius 2 is 1.75 bits per heavy atom. The molecule has 0 radical (unpaired) electrons. The smallest absolute Gasteiger partial charge is 0.337 e. The second-order valence-corrected chi connectivity index (χ2v) is 10.0. The summed E-state index contributed by atoms with van der Waals surface area (Å²) in [7, 11) is -0.918. The molecular formula is C23H29N3O5S. The summed E-state index contributed by atoms with van der Waals surface area (Å²) in [5.41, 5.74) is 1.82. The van der Waals surface area contributed by atoms with Gasteiger partial charge >= 0.3 is 5.97 Å². The van der Waals surface area contributed by atoms with Crippen LogP contribution in [0.2, 0.25) is 0 Å². The Bertz CT molecular complexity index is 1110. The highest BCUT2D eigenvalue weighted by Gasteiger charge is 2.25. The number of ether oxygens (including phenoxy) is 1. The molecule has 3 rings (SSSR count). The minimum atomic E-state index is -3.73. The number of rotatable bonds is 7. The Hall–Kier alpha value is -2.91. The van der Waals surface area contributed by atoms with Crippen molar-refractivity contribution in [3.8, 4) is 0 Å². The maximum Gasteiger partial charge on any atom is 0.337 e. The zero-order valence-corrected chi connectivity index (χ0v) is 19.6. The number of hydrogen-bond donors (Lipinski definition) is 1. The van der Waals surface area contributed by atoms with Crippen LogP contribution in [0.5, 0.6) is 0 Å². The third-order valence-corrected chi connectivity index (χ3v) is 7.64. The van der Waals surface area contributed by atoms with Crippen molar-refractivity contribution in [1.82, 2.24) is 4.31 Å². The van der Waals surface area contributed by atoms with Crippen molar-refractivity contribution in [3.63, 3.8) is 0 Å². The first-order valence-electron chi connectivity index (χ1n) is 10.5. The Morgan fingerprint density at radius 1 is 1.06 bits per heavy atom. The van der Waals surface area contributed by atoms with Crippen LogP contribution in [0.25, 0.3) is 0 Å². The van der Waals surface area contributed by atoms with Gasteiger partial charge in [0.05, 0.1) is 28.9 Å². The largest absolute Gasteiger partial charge is 0.465 e. The lowest BCUT2D eigenvalue weighted by atomic mass is 10.1. The molecule has 1 aliphatic rings. The molecule has 0 saturated carbocycles. The second-order valence-electron chi connectivity index (χ2n) is 8.01. The van der Waals surface area contributed by atoms with Gasteiger partial charge in [-0.3, -0.25) is 4.79 Å². The molecule has 2 aromatic rings. The highest BCUT2D eigenvalue weighted by Crippen LogP contribution is 2.31. The number of nitrogens with one attached hydrogen (secondary N) is 1. The van der Waals surface area contributed by atoms with Crippen LogP contribution in [-0.2, 0) is 14.8 Å². The zero-order chi connectivity index (χ0) is 23.5. The number of hydrogen-bond acceptors (Lipinski definition) is 6. The van der Waals surface area contributed by atoms with Gasteiger partial charge in [0.1, 0.15) is 0 Å². The summed E-state index contributed by atoms with van der Waals surface area (Å²) in [6, 6.07) is 10.8. The first kappa shape index (κ1) is 23.7. The lowest BCUT2D eigenvalue weighted by Gasteiger charge is -2.22. The van der Waals surface area contributed by atoms with E-state index in [1.165, 1.54) is 30.6 Å². The van der Waals surface area contributed by atoms with Crippen LogP contribution in [0.1, 0.15) is 47.4 Å². The van der Waals surface area contributed by atoms with Crippen LogP contribution in [0.4, 0.5) is 11.4 Å². The van der Waals surface area contributed by atoms with Crippen LogP contribution < -0.4 is 10.2 Å². The molecule has 1 heterocycles. The van der Waals surface area contributed by atoms with E-state index in [-0.39, 0.29) is 16.5 Å². The van der Waals surface area contributed by atoms with Gasteiger partial charge in [0, 0.05) is 31.7 Å². The topological polar surface area (TPSA) is 96.0 Å². The van der Waals surface area contributed by atoms with Crippen LogP contribution in [0, 0.1) is 0 Å². The predicted molar refractivity (Wildman–Crippen MR) is 124 cm³/mol. The number of benzene rings is 2. The number of methoxy groups -OCH3 is 1. The summed E-state index contributed by atoms with van der Waals surface area (Å²) in [5, 5.41) is 2.86. The number of esters is 1. The molecule has 0 atom stereocenters. The molecule has 8 nitrogen and oxygen atoms in total.